The molecule has 0 amide bonds. The zero-order valence-corrected chi connectivity index (χ0v) is 12.1. The molecular weight excluding hydrogens is 238 g/mol. The van der Waals surface area contributed by atoms with Crippen molar-refractivity contribution in [3.05, 3.63) is 22.8 Å². The van der Waals surface area contributed by atoms with Gasteiger partial charge in [0.1, 0.15) is 23.7 Å². The Labute approximate surface area is 115 Å². The van der Waals surface area contributed by atoms with E-state index in [2.05, 4.69) is 25.2 Å². The zero-order valence-electron chi connectivity index (χ0n) is 12.1. The van der Waals surface area contributed by atoms with Gasteiger partial charge in [-0.25, -0.2) is 0 Å². The summed E-state index contributed by atoms with van der Waals surface area (Å²) in [5.74, 6) is 2.25. The first-order valence-corrected chi connectivity index (χ1v) is 7.34. The van der Waals surface area contributed by atoms with Crippen LogP contribution in [0, 0.1) is 0 Å². The fourth-order valence-corrected chi connectivity index (χ4v) is 3.22. The fraction of sp³-hybridized carbons (Fsp3) is 0.625. The van der Waals surface area contributed by atoms with Crippen molar-refractivity contribution in [2.24, 2.45) is 0 Å². The molecule has 0 spiro atoms. The highest BCUT2D eigenvalue weighted by atomic mass is 16.5. The molecule has 1 N–H and O–H groups in total. The van der Waals surface area contributed by atoms with Crippen molar-refractivity contribution in [3.8, 4) is 11.5 Å². The maximum absolute atomic E-state index is 6.05. The van der Waals surface area contributed by atoms with Gasteiger partial charge in [-0.3, -0.25) is 0 Å². The summed E-state index contributed by atoms with van der Waals surface area (Å²) in [6.07, 6.45) is 4.87. The van der Waals surface area contributed by atoms with E-state index in [1.54, 1.807) is 0 Å². The normalized spacial score (nSPS) is 23.7. The van der Waals surface area contributed by atoms with Crippen LogP contribution in [0.15, 0.2) is 6.07 Å². The highest BCUT2D eigenvalue weighted by Gasteiger charge is 2.30. The third-order valence-corrected chi connectivity index (χ3v) is 4.03. The van der Waals surface area contributed by atoms with E-state index >= 15 is 0 Å². The van der Waals surface area contributed by atoms with Gasteiger partial charge in [-0.15, -0.1) is 0 Å². The lowest BCUT2D eigenvalue weighted by molar-refractivity contribution is 0.252. The van der Waals surface area contributed by atoms with Crippen molar-refractivity contribution < 1.29 is 9.47 Å². The quantitative estimate of drug-likeness (QED) is 0.845. The molecule has 0 aromatic heterocycles. The number of hydrogen-bond donors (Lipinski definition) is 1. The molecule has 1 aromatic rings. The minimum atomic E-state index is 0.304. The molecule has 0 fully saturated rings. The van der Waals surface area contributed by atoms with Crippen LogP contribution in [0.3, 0.4) is 0 Å². The van der Waals surface area contributed by atoms with E-state index in [-0.39, 0.29) is 0 Å². The molecule has 3 rings (SSSR count). The van der Waals surface area contributed by atoms with Gasteiger partial charge in [0.15, 0.2) is 0 Å². The van der Waals surface area contributed by atoms with E-state index in [4.69, 9.17) is 9.47 Å². The lowest BCUT2D eigenvalue weighted by Crippen LogP contribution is -2.10. The monoisotopic (exact) mass is 261 g/mol. The Morgan fingerprint density at radius 3 is 2.79 bits per heavy atom. The van der Waals surface area contributed by atoms with Crippen LogP contribution in [-0.4, -0.2) is 25.8 Å². The summed E-state index contributed by atoms with van der Waals surface area (Å²) < 4.78 is 12.0. The lowest BCUT2D eigenvalue weighted by Gasteiger charge is -2.13. The summed E-state index contributed by atoms with van der Waals surface area (Å²) in [5, 5.41) is 3.22. The van der Waals surface area contributed by atoms with Gasteiger partial charge in [0.25, 0.3) is 0 Å². The van der Waals surface area contributed by atoms with Gasteiger partial charge < -0.3 is 14.8 Å². The molecule has 1 aromatic carbocycles. The molecule has 0 aliphatic carbocycles. The van der Waals surface area contributed by atoms with E-state index in [1.165, 1.54) is 16.7 Å². The standard InChI is InChI=1S/C16H23NO2/c1-10-7-12-9-15-14(8-11(2)18-15)13(16(12)19-10)5-4-6-17-3/h9-11,17H,4-8H2,1-3H3. The molecule has 2 unspecified atom stereocenters. The average molecular weight is 261 g/mol. The topological polar surface area (TPSA) is 30.5 Å². The number of ether oxygens (including phenoxy) is 2. The average Bonchev–Trinajstić information content (AvgIpc) is 2.89. The fourth-order valence-electron chi connectivity index (χ4n) is 3.22. The predicted molar refractivity (Wildman–Crippen MR) is 76.3 cm³/mol. The van der Waals surface area contributed by atoms with Crippen molar-refractivity contribution in [2.45, 2.75) is 51.7 Å². The van der Waals surface area contributed by atoms with E-state index in [9.17, 15) is 0 Å². The summed E-state index contributed by atoms with van der Waals surface area (Å²) in [6.45, 7) is 5.34. The number of hydrogen-bond acceptors (Lipinski definition) is 3. The molecule has 2 aliphatic rings. The number of rotatable bonds is 4. The first-order chi connectivity index (χ1) is 9.19. The van der Waals surface area contributed by atoms with Crippen LogP contribution in [0.25, 0.3) is 0 Å². The van der Waals surface area contributed by atoms with Crippen LogP contribution in [0.2, 0.25) is 0 Å². The van der Waals surface area contributed by atoms with Crippen molar-refractivity contribution in [1.82, 2.24) is 5.32 Å². The van der Waals surface area contributed by atoms with Gasteiger partial charge in [0.2, 0.25) is 0 Å². The van der Waals surface area contributed by atoms with Gasteiger partial charge in [-0.2, -0.15) is 0 Å². The lowest BCUT2D eigenvalue weighted by atomic mass is 9.95. The number of benzene rings is 1. The molecular formula is C16H23NO2. The molecule has 2 aliphatic heterocycles. The Balaban J connectivity index is 1.95. The summed E-state index contributed by atoms with van der Waals surface area (Å²) in [6, 6.07) is 2.21. The second-order valence-corrected chi connectivity index (χ2v) is 5.79. The minimum Gasteiger partial charge on any atom is -0.490 e. The molecule has 2 heterocycles. The molecule has 0 bridgehead atoms. The van der Waals surface area contributed by atoms with Crippen LogP contribution in [0.5, 0.6) is 11.5 Å². The van der Waals surface area contributed by atoms with Gasteiger partial charge in [-0.05, 0) is 46.3 Å². The largest absolute Gasteiger partial charge is 0.490 e. The second-order valence-electron chi connectivity index (χ2n) is 5.79. The molecule has 2 atom stereocenters. The first kappa shape index (κ1) is 12.8. The van der Waals surface area contributed by atoms with Crippen molar-refractivity contribution >= 4 is 0 Å². The van der Waals surface area contributed by atoms with Gasteiger partial charge in [-0.1, -0.05) is 0 Å². The summed E-state index contributed by atoms with van der Waals surface area (Å²) in [4.78, 5) is 0. The Hall–Kier alpha value is -1.22. The third-order valence-electron chi connectivity index (χ3n) is 4.03. The second kappa shape index (κ2) is 5.04. The zero-order chi connectivity index (χ0) is 13.4. The molecule has 0 saturated carbocycles. The minimum absolute atomic E-state index is 0.304. The van der Waals surface area contributed by atoms with Crippen LogP contribution >= 0.6 is 0 Å². The number of fused-ring (bicyclic) bond motifs is 2. The van der Waals surface area contributed by atoms with E-state index in [1.807, 2.05) is 7.05 Å². The molecule has 104 valence electrons. The Morgan fingerprint density at radius 1 is 1.21 bits per heavy atom. The van der Waals surface area contributed by atoms with Crippen LogP contribution in [0.4, 0.5) is 0 Å². The highest BCUT2D eigenvalue weighted by Crippen LogP contribution is 2.43. The van der Waals surface area contributed by atoms with Crippen molar-refractivity contribution in [3.63, 3.8) is 0 Å². The van der Waals surface area contributed by atoms with Crippen LogP contribution < -0.4 is 14.8 Å². The molecule has 19 heavy (non-hydrogen) atoms. The predicted octanol–water partition coefficient (Wildman–Crippen LogP) is 2.49. The smallest absolute Gasteiger partial charge is 0.126 e. The van der Waals surface area contributed by atoms with E-state index in [0.29, 0.717) is 12.2 Å². The molecule has 3 heteroatoms. The maximum atomic E-state index is 6.05. The molecule has 3 nitrogen and oxygen atoms in total. The van der Waals surface area contributed by atoms with Crippen LogP contribution in [-0.2, 0) is 19.3 Å². The first-order valence-electron chi connectivity index (χ1n) is 7.34. The highest BCUT2D eigenvalue weighted by molar-refractivity contribution is 5.57. The maximum Gasteiger partial charge on any atom is 0.126 e. The Morgan fingerprint density at radius 2 is 2.00 bits per heavy atom. The SMILES string of the molecule is CNCCCc1c2c(cc3c1OC(C)C3)OC(C)C2. The third kappa shape index (κ3) is 2.32. The molecule has 0 radical (unpaired) electrons. The van der Waals surface area contributed by atoms with Gasteiger partial charge in [0, 0.05) is 29.5 Å². The Kier molecular flexibility index (Phi) is 3.40. The van der Waals surface area contributed by atoms with Crippen molar-refractivity contribution in [2.75, 3.05) is 13.6 Å². The van der Waals surface area contributed by atoms with Crippen LogP contribution in [0.1, 0.15) is 37.0 Å². The summed E-state index contributed by atoms with van der Waals surface area (Å²) in [5.41, 5.74) is 4.12. The summed E-state index contributed by atoms with van der Waals surface area (Å²) >= 11 is 0. The van der Waals surface area contributed by atoms with E-state index in [0.717, 1.165) is 43.7 Å². The van der Waals surface area contributed by atoms with Gasteiger partial charge in [0.05, 0.1) is 0 Å². The summed E-state index contributed by atoms with van der Waals surface area (Å²) in [7, 11) is 2.00. The number of nitrogens with one attached hydrogen (secondary N) is 1. The van der Waals surface area contributed by atoms with Crippen molar-refractivity contribution in [1.29, 1.82) is 0 Å². The van der Waals surface area contributed by atoms with E-state index < -0.39 is 0 Å². The van der Waals surface area contributed by atoms with Gasteiger partial charge >= 0.3 is 0 Å². The molecule has 0 saturated heterocycles. The Bertz CT molecular complexity index is 448.